The zero-order chi connectivity index (χ0) is 16.8. The molecule has 2 rings (SSSR count). The lowest BCUT2D eigenvalue weighted by atomic mass is 9.93. The lowest BCUT2D eigenvalue weighted by molar-refractivity contribution is -0.139. The van der Waals surface area contributed by atoms with Crippen molar-refractivity contribution in [3.63, 3.8) is 0 Å². The van der Waals surface area contributed by atoms with Crippen molar-refractivity contribution in [2.45, 2.75) is 32.1 Å². The van der Waals surface area contributed by atoms with Crippen LogP contribution in [0.25, 0.3) is 0 Å². The van der Waals surface area contributed by atoms with Crippen LogP contribution in [0.5, 0.6) is 5.75 Å². The Balaban J connectivity index is 1.98. The molecular formula is C19H21FO3. The first-order chi connectivity index (χ1) is 11.0. The number of rotatable bonds is 7. The number of halogens is 1. The topological polar surface area (TPSA) is 46.5 Å². The van der Waals surface area contributed by atoms with Gasteiger partial charge in [0, 0.05) is 0 Å². The van der Waals surface area contributed by atoms with Crippen LogP contribution >= 0.6 is 0 Å². The van der Waals surface area contributed by atoms with Gasteiger partial charge in [0.2, 0.25) is 0 Å². The average Bonchev–Trinajstić information content (AvgIpc) is 2.53. The maximum absolute atomic E-state index is 12.8. The van der Waals surface area contributed by atoms with Crippen LogP contribution in [0.3, 0.4) is 0 Å². The second-order valence-electron chi connectivity index (χ2n) is 5.80. The summed E-state index contributed by atoms with van der Waals surface area (Å²) >= 11 is 0. The van der Waals surface area contributed by atoms with Crippen molar-refractivity contribution in [2.75, 3.05) is 6.61 Å². The first kappa shape index (κ1) is 17.0. The van der Waals surface area contributed by atoms with Gasteiger partial charge in [0.15, 0.2) is 0 Å². The first-order valence-corrected chi connectivity index (χ1v) is 7.68. The van der Waals surface area contributed by atoms with Crippen LogP contribution in [0.4, 0.5) is 4.39 Å². The molecule has 3 nitrogen and oxygen atoms in total. The van der Waals surface area contributed by atoms with Gasteiger partial charge in [-0.25, -0.2) is 4.39 Å². The third-order valence-electron chi connectivity index (χ3n) is 3.79. The number of aliphatic carboxylic acids is 1. The molecule has 2 aromatic rings. The molecule has 0 heterocycles. The van der Waals surface area contributed by atoms with Gasteiger partial charge in [-0.3, -0.25) is 4.79 Å². The number of carbonyl (C=O) groups is 1. The SMILES string of the molecule is CC(C)c1ccc(C(CCOc2ccc(F)cc2)C(=O)O)cc1. The van der Waals surface area contributed by atoms with Gasteiger partial charge in [0.25, 0.3) is 0 Å². The van der Waals surface area contributed by atoms with Crippen LogP contribution in [-0.4, -0.2) is 17.7 Å². The quantitative estimate of drug-likeness (QED) is 0.813. The molecule has 0 amide bonds. The zero-order valence-corrected chi connectivity index (χ0v) is 13.3. The second kappa shape index (κ2) is 7.77. The minimum atomic E-state index is -0.870. The molecule has 0 saturated carbocycles. The second-order valence-corrected chi connectivity index (χ2v) is 5.80. The Morgan fingerprint density at radius 2 is 1.61 bits per heavy atom. The van der Waals surface area contributed by atoms with Crippen LogP contribution in [-0.2, 0) is 4.79 Å². The van der Waals surface area contributed by atoms with Crippen molar-refractivity contribution in [3.05, 3.63) is 65.5 Å². The van der Waals surface area contributed by atoms with Gasteiger partial charge in [0.1, 0.15) is 11.6 Å². The fraction of sp³-hybridized carbons (Fsp3) is 0.316. The summed E-state index contributed by atoms with van der Waals surface area (Å²) in [7, 11) is 0. The standard InChI is InChI=1S/C19H21FO3/c1-13(2)14-3-5-15(6-4-14)18(19(21)22)11-12-23-17-9-7-16(20)8-10-17/h3-10,13,18H,11-12H2,1-2H3,(H,21,22). The Morgan fingerprint density at radius 1 is 1.04 bits per heavy atom. The molecule has 0 saturated heterocycles. The highest BCUT2D eigenvalue weighted by Gasteiger charge is 2.20. The molecule has 0 bridgehead atoms. The van der Waals surface area contributed by atoms with Crippen LogP contribution in [0.15, 0.2) is 48.5 Å². The third-order valence-corrected chi connectivity index (χ3v) is 3.79. The van der Waals surface area contributed by atoms with Gasteiger partial charge in [-0.15, -0.1) is 0 Å². The number of hydrogen-bond acceptors (Lipinski definition) is 2. The fourth-order valence-corrected chi connectivity index (χ4v) is 2.37. The minimum Gasteiger partial charge on any atom is -0.494 e. The molecule has 0 aromatic heterocycles. The highest BCUT2D eigenvalue weighted by molar-refractivity contribution is 5.76. The molecule has 1 N–H and O–H groups in total. The summed E-state index contributed by atoms with van der Waals surface area (Å²) in [6.45, 7) is 4.45. The molecule has 122 valence electrons. The zero-order valence-electron chi connectivity index (χ0n) is 13.3. The first-order valence-electron chi connectivity index (χ1n) is 7.68. The van der Waals surface area contributed by atoms with E-state index in [2.05, 4.69) is 13.8 Å². The Labute approximate surface area is 135 Å². The normalized spacial score (nSPS) is 12.2. The lowest BCUT2D eigenvalue weighted by Crippen LogP contribution is -2.15. The van der Waals surface area contributed by atoms with Gasteiger partial charge >= 0.3 is 5.97 Å². The Bertz CT molecular complexity index is 633. The average molecular weight is 316 g/mol. The van der Waals surface area contributed by atoms with Crippen molar-refractivity contribution in [1.82, 2.24) is 0 Å². The fourth-order valence-electron chi connectivity index (χ4n) is 2.37. The summed E-state index contributed by atoms with van der Waals surface area (Å²) in [5.74, 6) is -0.868. The Kier molecular flexibility index (Phi) is 5.74. The van der Waals surface area contributed by atoms with E-state index in [0.29, 0.717) is 18.1 Å². The number of ether oxygens (including phenoxy) is 1. The lowest BCUT2D eigenvalue weighted by Gasteiger charge is -2.15. The molecular weight excluding hydrogens is 295 g/mol. The van der Waals surface area contributed by atoms with Crippen molar-refractivity contribution in [2.24, 2.45) is 0 Å². The minimum absolute atomic E-state index is 0.258. The van der Waals surface area contributed by atoms with E-state index in [1.807, 2.05) is 24.3 Å². The number of carboxylic acids is 1. The summed E-state index contributed by atoms with van der Waals surface area (Å²) in [5.41, 5.74) is 1.95. The molecule has 0 aliphatic carbocycles. The van der Waals surface area contributed by atoms with E-state index in [0.717, 1.165) is 5.56 Å². The molecule has 0 aliphatic heterocycles. The maximum Gasteiger partial charge on any atom is 0.311 e. The van der Waals surface area contributed by atoms with Gasteiger partial charge in [-0.1, -0.05) is 38.1 Å². The number of carboxylic acid groups (broad SMARTS) is 1. The van der Waals surface area contributed by atoms with Crippen LogP contribution in [0.2, 0.25) is 0 Å². The van der Waals surface area contributed by atoms with Gasteiger partial charge in [-0.2, -0.15) is 0 Å². The number of hydrogen-bond donors (Lipinski definition) is 1. The molecule has 23 heavy (non-hydrogen) atoms. The smallest absolute Gasteiger partial charge is 0.311 e. The highest BCUT2D eigenvalue weighted by Crippen LogP contribution is 2.23. The summed E-state index contributed by atoms with van der Waals surface area (Å²) < 4.78 is 18.3. The predicted molar refractivity (Wildman–Crippen MR) is 87.4 cm³/mol. The van der Waals surface area contributed by atoms with Crippen molar-refractivity contribution < 1.29 is 19.0 Å². The molecule has 0 radical (unpaired) electrons. The van der Waals surface area contributed by atoms with E-state index in [-0.39, 0.29) is 12.4 Å². The molecule has 1 atom stereocenters. The third kappa shape index (κ3) is 4.81. The van der Waals surface area contributed by atoms with Crippen molar-refractivity contribution in [3.8, 4) is 5.75 Å². The molecule has 0 spiro atoms. The van der Waals surface area contributed by atoms with Crippen molar-refractivity contribution >= 4 is 5.97 Å². The molecule has 4 heteroatoms. The van der Waals surface area contributed by atoms with Crippen LogP contribution in [0.1, 0.15) is 43.2 Å². The van der Waals surface area contributed by atoms with Gasteiger partial charge in [-0.05, 0) is 47.7 Å². The van der Waals surface area contributed by atoms with Crippen molar-refractivity contribution in [1.29, 1.82) is 0 Å². The summed E-state index contributed by atoms with van der Waals surface area (Å²) in [6.07, 6.45) is 0.355. The van der Waals surface area contributed by atoms with Gasteiger partial charge in [0.05, 0.1) is 12.5 Å². The van der Waals surface area contributed by atoms with E-state index in [9.17, 15) is 14.3 Å². The largest absolute Gasteiger partial charge is 0.494 e. The summed E-state index contributed by atoms with van der Waals surface area (Å²) in [6, 6.07) is 13.4. The predicted octanol–water partition coefficient (Wildman–Crippen LogP) is 4.59. The molecule has 1 unspecified atom stereocenters. The molecule has 2 aromatic carbocycles. The van der Waals surface area contributed by atoms with E-state index in [4.69, 9.17) is 4.74 Å². The Morgan fingerprint density at radius 3 is 2.13 bits per heavy atom. The Hall–Kier alpha value is -2.36. The number of benzene rings is 2. The molecule has 0 fully saturated rings. The maximum atomic E-state index is 12.8. The highest BCUT2D eigenvalue weighted by atomic mass is 19.1. The van der Waals surface area contributed by atoms with E-state index in [1.165, 1.54) is 29.8 Å². The van der Waals surface area contributed by atoms with E-state index < -0.39 is 11.9 Å². The van der Waals surface area contributed by atoms with E-state index in [1.54, 1.807) is 0 Å². The summed E-state index contributed by atoms with van der Waals surface area (Å²) in [4.78, 5) is 11.5. The summed E-state index contributed by atoms with van der Waals surface area (Å²) in [5, 5.41) is 9.43. The molecule has 0 aliphatic rings. The van der Waals surface area contributed by atoms with Crippen LogP contribution in [0, 0.1) is 5.82 Å². The van der Waals surface area contributed by atoms with E-state index >= 15 is 0 Å². The van der Waals surface area contributed by atoms with Crippen LogP contribution < -0.4 is 4.74 Å². The monoisotopic (exact) mass is 316 g/mol. The van der Waals surface area contributed by atoms with Gasteiger partial charge < -0.3 is 9.84 Å².